The monoisotopic (exact) mass is 519 g/mol. The first kappa shape index (κ1) is 23.4. The normalized spacial score (nSPS) is 26.7. The van der Waals surface area contributed by atoms with Gasteiger partial charge in [0.25, 0.3) is 0 Å². The average molecular weight is 519 g/mol. The third-order valence-corrected chi connectivity index (χ3v) is 6.58. The van der Waals surface area contributed by atoms with Gasteiger partial charge >= 0.3 is 0 Å². The number of aliphatic imine (C=N–C) groups is 1. The maximum Gasteiger partial charge on any atom is 0.222 e. The third-order valence-electron chi connectivity index (χ3n) is 5.64. The van der Waals surface area contributed by atoms with Crippen LogP contribution in [0.5, 0.6) is 0 Å². The first-order chi connectivity index (χ1) is 13.1. The Labute approximate surface area is 190 Å². The SMILES string of the molecule is CCNC(=NCC1CCCN(C)C1c1cccs1)NC1CCC(=O)N(C)C1.I. The smallest absolute Gasteiger partial charge is 0.222 e. The summed E-state index contributed by atoms with van der Waals surface area (Å²) in [7, 11) is 4.11. The van der Waals surface area contributed by atoms with Gasteiger partial charge in [0.2, 0.25) is 5.91 Å². The molecule has 2 N–H and O–H groups in total. The summed E-state index contributed by atoms with van der Waals surface area (Å²) >= 11 is 1.85. The van der Waals surface area contributed by atoms with Crippen LogP contribution in [-0.2, 0) is 4.79 Å². The van der Waals surface area contributed by atoms with Gasteiger partial charge in [-0.15, -0.1) is 35.3 Å². The number of halogens is 1. The Hall–Kier alpha value is -0.870. The van der Waals surface area contributed by atoms with E-state index in [1.807, 2.05) is 23.3 Å². The van der Waals surface area contributed by atoms with Gasteiger partial charge in [-0.2, -0.15) is 0 Å². The zero-order valence-electron chi connectivity index (χ0n) is 17.2. The van der Waals surface area contributed by atoms with Crippen LogP contribution >= 0.6 is 35.3 Å². The van der Waals surface area contributed by atoms with Crippen LogP contribution in [0.25, 0.3) is 0 Å². The molecule has 0 aromatic carbocycles. The number of carbonyl (C=O) groups is 1. The summed E-state index contributed by atoms with van der Waals surface area (Å²) in [6, 6.07) is 5.14. The van der Waals surface area contributed by atoms with Crippen molar-refractivity contribution in [1.82, 2.24) is 20.4 Å². The van der Waals surface area contributed by atoms with E-state index in [0.29, 0.717) is 18.4 Å². The largest absolute Gasteiger partial charge is 0.357 e. The highest BCUT2D eigenvalue weighted by molar-refractivity contribution is 14.0. The molecule has 2 saturated heterocycles. The standard InChI is InChI=1S/C20H33N5OS.HI/c1-4-21-20(23-16-9-10-18(26)25(3)14-16)22-13-15-7-5-11-24(2)19(15)17-8-6-12-27-17;/h6,8,12,15-16,19H,4-5,7,9-11,13-14H2,1-3H3,(H2,21,22,23);1H. The van der Waals surface area contributed by atoms with E-state index >= 15 is 0 Å². The fourth-order valence-corrected chi connectivity index (χ4v) is 5.20. The number of amides is 1. The van der Waals surface area contributed by atoms with E-state index in [1.54, 1.807) is 0 Å². The predicted octanol–water partition coefficient (Wildman–Crippen LogP) is 2.92. The van der Waals surface area contributed by atoms with Crippen LogP contribution in [-0.4, -0.2) is 68.0 Å². The van der Waals surface area contributed by atoms with Crippen molar-refractivity contribution in [3.05, 3.63) is 22.4 Å². The van der Waals surface area contributed by atoms with Crippen molar-refractivity contribution in [2.75, 3.05) is 40.3 Å². The van der Waals surface area contributed by atoms with Crippen LogP contribution in [0.15, 0.2) is 22.5 Å². The molecule has 158 valence electrons. The van der Waals surface area contributed by atoms with Gasteiger partial charge in [-0.25, -0.2) is 0 Å². The van der Waals surface area contributed by atoms with E-state index in [9.17, 15) is 4.79 Å². The molecule has 0 spiro atoms. The molecule has 0 aliphatic carbocycles. The van der Waals surface area contributed by atoms with Gasteiger partial charge in [-0.1, -0.05) is 6.07 Å². The van der Waals surface area contributed by atoms with Gasteiger partial charge in [0, 0.05) is 50.1 Å². The molecule has 3 unspecified atom stereocenters. The Kier molecular flexibility index (Phi) is 9.49. The Morgan fingerprint density at radius 3 is 2.86 bits per heavy atom. The van der Waals surface area contributed by atoms with Crippen LogP contribution in [0.1, 0.15) is 43.5 Å². The van der Waals surface area contributed by atoms with E-state index in [2.05, 4.69) is 47.0 Å². The minimum absolute atomic E-state index is 0. The summed E-state index contributed by atoms with van der Waals surface area (Å²) in [6.45, 7) is 5.66. The Balaban J connectivity index is 0.00000280. The number of guanidine groups is 1. The molecule has 2 aliphatic heterocycles. The molecule has 28 heavy (non-hydrogen) atoms. The number of piperidine rings is 2. The third kappa shape index (κ3) is 6.06. The lowest BCUT2D eigenvalue weighted by atomic mass is 9.88. The number of rotatable bonds is 5. The number of hydrogen-bond donors (Lipinski definition) is 2. The van der Waals surface area contributed by atoms with Crippen molar-refractivity contribution in [2.45, 2.75) is 44.7 Å². The van der Waals surface area contributed by atoms with E-state index in [0.717, 1.165) is 38.6 Å². The molecule has 3 heterocycles. The second kappa shape index (κ2) is 11.3. The zero-order chi connectivity index (χ0) is 19.2. The van der Waals surface area contributed by atoms with E-state index in [4.69, 9.17) is 4.99 Å². The number of nitrogens with one attached hydrogen (secondary N) is 2. The number of carbonyl (C=O) groups excluding carboxylic acids is 1. The second-order valence-corrected chi connectivity index (χ2v) is 8.70. The van der Waals surface area contributed by atoms with Gasteiger partial charge in [-0.3, -0.25) is 14.7 Å². The minimum Gasteiger partial charge on any atom is -0.357 e. The first-order valence-corrected chi connectivity index (χ1v) is 11.0. The number of thiophene rings is 1. The lowest BCUT2D eigenvalue weighted by Gasteiger charge is -2.38. The van der Waals surface area contributed by atoms with Crippen molar-refractivity contribution in [3.63, 3.8) is 0 Å². The van der Waals surface area contributed by atoms with E-state index < -0.39 is 0 Å². The number of hydrogen-bond acceptors (Lipinski definition) is 4. The van der Waals surface area contributed by atoms with E-state index in [-0.39, 0.29) is 35.9 Å². The Morgan fingerprint density at radius 1 is 1.36 bits per heavy atom. The van der Waals surface area contributed by atoms with Gasteiger partial charge in [-0.05, 0) is 57.1 Å². The van der Waals surface area contributed by atoms with Gasteiger partial charge in [0.05, 0.1) is 0 Å². The summed E-state index contributed by atoms with van der Waals surface area (Å²) < 4.78 is 0. The van der Waals surface area contributed by atoms with Gasteiger partial charge < -0.3 is 15.5 Å². The fourth-order valence-electron chi connectivity index (χ4n) is 4.21. The molecule has 1 aromatic rings. The molecule has 3 rings (SSSR count). The highest BCUT2D eigenvalue weighted by atomic mass is 127. The summed E-state index contributed by atoms with van der Waals surface area (Å²) in [5.41, 5.74) is 0. The maximum absolute atomic E-state index is 11.7. The summed E-state index contributed by atoms with van der Waals surface area (Å²) in [4.78, 5) is 22.4. The maximum atomic E-state index is 11.7. The van der Waals surface area contributed by atoms with Crippen molar-refractivity contribution in [1.29, 1.82) is 0 Å². The number of nitrogens with zero attached hydrogens (tertiary/aromatic N) is 3. The Bertz CT molecular complexity index is 639. The zero-order valence-corrected chi connectivity index (χ0v) is 20.3. The van der Waals surface area contributed by atoms with Crippen LogP contribution < -0.4 is 10.6 Å². The number of likely N-dealkylation sites (tertiary alicyclic amines) is 2. The molecular weight excluding hydrogens is 485 g/mol. The highest BCUT2D eigenvalue weighted by Crippen LogP contribution is 2.37. The Morgan fingerprint density at radius 2 is 2.18 bits per heavy atom. The van der Waals surface area contributed by atoms with Crippen molar-refractivity contribution in [3.8, 4) is 0 Å². The molecule has 2 fully saturated rings. The molecule has 6 nitrogen and oxygen atoms in total. The van der Waals surface area contributed by atoms with Crippen molar-refractivity contribution in [2.24, 2.45) is 10.9 Å². The second-order valence-electron chi connectivity index (χ2n) is 7.72. The molecule has 0 saturated carbocycles. The molecular formula is C20H34IN5OS. The van der Waals surface area contributed by atoms with E-state index in [1.165, 1.54) is 17.7 Å². The molecule has 1 amide bonds. The summed E-state index contributed by atoms with van der Waals surface area (Å²) in [5, 5.41) is 9.09. The average Bonchev–Trinajstić information content (AvgIpc) is 3.17. The summed E-state index contributed by atoms with van der Waals surface area (Å²) in [5.74, 6) is 1.65. The van der Waals surface area contributed by atoms with Crippen LogP contribution in [0.4, 0.5) is 0 Å². The topological polar surface area (TPSA) is 60.0 Å². The molecule has 3 atom stereocenters. The molecule has 0 bridgehead atoms. The lowest BCUT2D eigenvalue weighted by molar-refractivity contribution is -0.132. The quantitative estimate of drug-likeness (QED) is 0.357. The predicted molar refractivity (Wildman–Crippen MR) is 128 cm³/mol. The molecule has 1 aromatic heterocycles. The van der Waals surface area contributed by atoms with Gasteiger partial charge in [0.1, 0.15) is 0 Å². The minimum atomic E-state index is 0. The van der Waals surface area contributed by atoms with Gasteiger partial charge in [0.15, 0.2) is 5.96 Å². The molecule has 2 aliphatic rings. The van der Waals surface area contributed by atoms with Crippen molar-refractivity contribution >= 4 is 47.2 Å². The van der Waals surface area contributed by atoms with Crippen molar-refractivity contribution < 1.29 is 4.79 Å². The molecule has 0 radical (unpaired) electrons. The first-order valence-electron chi connectivity index (χ1n) is 10.1. The fraction of sp³-hybridized carbons (Fsp3) is 0.700. The highest BCUT2D eigenvalue weighted by Gasteiger charge is 2.31. The van der Waals surface area contributed by atoms with Crippen LogP contribution in [0, 0.1) is 5.92 Å². The number of likely N-dealkylation sites (N-methyl/N-ethyl adjacent to an activating group) is 1. The van der Waals surface area contributed by atoms with Crippen LogP contribution in [0.2, 0.25) is 0 Å². The lowest BCUT2D eigenvalue weighted by Crippen LogP contribution is -2.51. The summed E-state index contributed by atoms with van der Waals surface area (Å²) in [6.07, 6.45) is 3.94. The van der Waals surface area contributed by atoms with Crippen LogP contribution in [0.3, 0.4) is 0 Å². The molecule has 8 heteroatoms.